The van der Waals surface area contributed by atoms with E-state index >= 15 is 0 Å². The summed E-state index contributed by atoms with van der Waals surface area (Å²) >= 11 is 0. The zero-order chi connectivity index (χ0) is 33.0. The molecule has 7 aromatic rings. The molecular formula is C44H36N6. The minimum Gasteiger partial charge on any atom is -0.385 e. The number of hydrogen-bond acceptors (Lipinski definition) is 4. The van der Waals surface area contributed by atoms with Gasteiger partial charge in [-0.15, -0.1) is 0 Å². The molecule has 0 spiro atoms. The van der Waals surface area contributed by atoms with Crippen LogP contribution in [0.15, 0.2) is 156 Å². The number of allylic oxidation sites excluding steroid dienone is 1. The summed E-state index contributed by atoms with van der Waals surface area (Å²) in [4.78, 5) is 5.24. The molecule has 4 heterocycles. The predicted molar refractivity (Wildman–Crippen MR) is 206 cm³/mol. The highest BCUT2D eigenvalue weighted by atomic mass is 15.3. The molecule has 3 N–H and O–H groups in total. The minimum atomic E-state index is -0.190. The highest BCUT2D eigenvalue weighted by Crippen LogP contribution is 2.40. The topological polar surface area (TPSA) is 58.3 Å². The number of hydrogen-bond donors (Lipinski definition) is 3. The average Bonchev–Trinajstić information content (AvgIpc) is 3.70. The van der Waals surface area contributed by atoms with E-state index in [1.807, 2.05) is 0 Å². The van der Waals surface area contributed by atoms with Crippen molar-refractivity contribution in [3.05, 3.63) is 174 Å². The number of para-hydroxylation sites is 2. The van der Waals surface area contributed by atoms with Crippen LogP contribution in [0.25, 0.3) is 50.2 Å². The molecule has 0 saturated heterocycles. The Bertz CT molecular complexity index is 2530. The van der Waals surface area contributed by atoms with Crippen LogP contribution in [0.5, 0.6) is 0 Å². The number of nitrogens with one attached hydrogen (secondary N) is 3. The summed E-state index contributed by atoms with van der Waals surface area (Å²) in [5.74, 6) is 0.858. The van der Waals surface area contributed by atoms with Crippen molar-refractivity contribution in [2.24, 2.45) is 4.99 Å². The van der Waals surface area contributed by atoms with Gasteiger partial charge in [-0.25, -0.2) is 4.99 Å². The van der Waals surface area contributed by atoms with Crippen LogP contribution in [-0.2, 0) is 6.42 Å². The SMILES string of the molecule is C1=Cc2c(n(-c3ccccc3)c3cc4c(cc23)c2ccccc2n4C2=CC(C3=NC(c4ccccc4)NC(c4ccccc4)N3)=CNC2)CC1. The summed E-state index contributed by atoms with van der Waals surface area (Å²) in [6, 6.07) is 45.5. The van der Waals surface area contributed by atoms with Gasteiger partial charge in [0.25, 0.3) is 0 Å². The summed E-state index contributed by atoms with van der Waals surface area (Å²) in [7, 11) is 0. The second kappa shape index (κ2) is 11.8. The first-order chi connectivity index (χ1) is 24.8. The quantitative estimate of drug-likeness (QED) is 0.175. The van der Waals surface area contributed by atoms with Gasteiger partial charge in [0.2, 0.25) is 0 Å². The Morgan fingerprint density at radius 2 is 1.38 bits per heavy atom. The Kier molecular flexibility index (Phi) is 6.81. The fraction of sp³-hybridized carbons (Fsp3) is 0.114. The Labute approximate surface area is 290 Å². The van der Waals surface area contributed by atoms with Crippen LogP contribution < -0.4 is 16.0 Å². The van der Waals surface area contributed by atoms with E-state index in [4.69, 9.17) is 4.99 Å². The third-order valence-electron chi connectivity index (χ3n) is 10.3. The van der Waals surface area contributed by atoms with E-state index < -0.39 is 0 Å². The van der Waals surface area contributed by atoms with E-state index in [-0.39, 0.29) is 12.3 Å². The van der Waals surface area contributed by atoms with Crippen molar-refractivity contribution in [2.45, 2.75) is 25.2 Å². The third kappa shape index (κ3) is 4.71. The maximum Gasteiger partial charge on any atom is 0.133 e. The fourth-order valence-electron chi connectivity index (χ4n) is 8.01. The Morgan fingerprint density at radius 1 is 0.660 bits per heavy atom. The van der Waals surface area contributed by atoms with Crippen molar-refractivity contribution >= 4 is 50.3 Å². The lowest BCUT2D eigenvalue weighted by molar-refractivity contribution is 0.409. The molecule has 0 amide bonds. The maximum atomic E-state index is 5.24. The number of benzene rings is 5. The molecule has 0 fully saturated rings. The first-order valence-electron chi connectivity index (χ1n) is 17.5. The van der Waals surface area contributed by atoms with Gasteiger partial charge < -0.3 is 19.8 Å². The second-order valence-electron chi connectivity index (χ2n) is 13.3. The number of aliphatic imine (C=N–C) groups is 1. The van der Waals surface area contributed by atoms with Gasteiger partial charge in [0.05, 0.1) is 23.1 Å². The molecule has 6 nitrogen and oxygen atoms in total. The van der Waals surface area contributed by atoms with E-state index in [0.717, 1.165) is 29.8 Å². The van der Waals surface area contributed by atoms with E-state index in [1.54, 1.807) is 0 Å². The molecule has 50 heavy (non-hydrogen) atoms. The van der Waals surface area contributed by atoms with Gasteiger partial charge in [-0.2, -0.15) is 0 Å². The van der Waals surface area contributed by atoms with Crippen molar-refractivity contribution < 1.29 is 0 Å². The number of nitrogens with zero attached hydrogens (tertiary/aromatic N) is 3. The Balaban J connectivity index is 1.15. The maximum absolute atomic E-state index is 5.24. The zero-order valence-corrected chi connectivity index (χ0v) is 27.6. The van der Waals surface area contributed by atoms with Gasteiger partial charge >= 0.3 is 0 Å². The number of dihydropyridines is 1. The average molecular weight is 649 g/mol. The number of fused-ring (bicyclic) bond motifs is 6. The van der Waals surface area contributed by atoms with Crippen molar-refractivity contribution in [1.29, 1.82) is 0 Å². The van der Waals surface area contributed by atoms with Gasteiger partial charge in [-0.1, -0.05) is 109 Å². The largest absolute Gasteiger partial charge is 0.385 e. The molecule has 2 unspecified atom stereocenters. The molecule has 2 atom stereocenters. The second-order valence-corrected chi connectivity index (χ2v) is 13.3. The van der Waals surface area contributed by atoms with Crippen molar-refractivity contribution in [3.8, 4) is 5.69 Å². The van der Waals surface area contributed by atoms with Gasteiger partial charge in [-0.05, 0) is 60.4 Å². The van der Waals surface area contributed by atoms with Gasteiger partial charge in [0.1, 0.15) is 18.2 Å². The molecule has 0 bridgehead atoms. The monoisotopic (exact) mass is 648 g/mol. The molecule has 6 heteroatoms. The number of aromatic nitrogens is 2. The number of rotatable bonds is 5. The van der Waals surface area contributed by atoms with Crippen molar-refractivity contribution in [2.75, 3.05) is 6.54 Å². The molecular weight excluding hydrogens is 613 g/mol. The van der Waals surface area contributed by atoms with E-state index in [9.17, 15) is 0 Å². The first-order valence-corrected chi connectivity index (χ1v) is 17.5. The molecule has 0 saturated carbocycles. The van der Waals surface area contributed by atoms with Gasteiger partial charge in [0.15, 0.2) is 0 Å². The molecule has 3 aliphatic rings. The van der Waals surface area contributed by atoms with Crippen LogP contribution in [0.1, 0.15) is 41.1 Å². The van der Waals surface area contributed by atoms with E-state index in [1.165, 1.54) is 60.9 Å². The minimum absolute atomic E-state index is 0.0963. The molecule has 10 rings (SSSR count). The summed E-state index contributed by atoms with van der Waals surface area (Å²) in [5, 5.41) is 14.9. The summed E-state index contributed by atoms with van der Waals surface area (Å²) in [5.41, 5.74) is 12.1. The van der Waals surface area contributed by atoms with E-state index in [2.05, 4.69) is 177 Å². The first kappa shape index (κ1) is 28.9. The van der Waals surface area contributed by atoms with Gasteiger partial charge in [0, 0.05) is 50.6 Å². The summed E-state index contributed by atoms with van der Waals surface area (Å²) < 4.78 is 4.93. The normalized spacial score (nSPS) is 18.7. The highest BCUT2D eigenvalue weighted by Gasteiger charge is 2.28. The Morgan fingerprint density at radius 3 is 2.20 bits per heavy atom. The van der Waals surface area contributed by atoms with Crippen LogP contribution in [0.2, 0.25) is 0 Å². The molecule has 1 aliphatic carbocycles. The lowest BCUT2D eigenvalue weighted by Crippen LogP contribution is -2.45. The molecule has 0 radical (unpaired) electrons. The third-order valence-corrected chi connectivity index (χ3v) is 10.3. The number of amidine groups is 1. The highest BCUT2D eigenvalue weighted by molar-refractivity contribution is 6.16. The standard InChI is InChI=1S/C44H36N6/c1-4-14-29(15-5-1)42-46-43(30-16-6-2-7-17-30)48-44(47-42)31-24-33(28-45-27-31)50-39-23-13-11-21-35(39)37-25-36-34-20-10-12-22-38(34)49(40(36)26-41(37)50)32-18-8-3-9-19-32/h1-11,13-21,23-27,42-43,45-46H,12,22,28H2,(H,47,48). The zero-order valence-electron chi connectivity index (χ0n) is 27.6. The fourth-order valence-corrected chi connectivity index (χ4v) is 8.01. The van der Waals surface area contributed by atoms with Crippen LogP contribution >= 0.6 is 0 Å². The van der Waals surface area contributed by atoms with Crippen molar-refractivity contribution in [1.82, 2.24) is 25.1 Å². The van der Waals surface area contributed by atoms with Crippen LogP contribution in [0, 0.1) is 0 Å². The molecule has 5 aromatic carbocycles. The summed E-state index contributed by atoms with van der Waals surface area (Å²) in [6.45, 7) is 0.698. The van der Waals surface area contributed by atoms with Gasteiger partial charge in [-0.3, -0.25) is 5.32 Å². The smallest absolute Gasteiger partial charge is 0.133 e. The molecule has 2 aliphatic heterocycles. The lowest BCUT2D eigenvalue weighted by Gasteiger charge is -2.33. The summed E-state index contributed by atoms with van der Waals surface area (Å²) in [6.07, 6.45) is 10.8. The van der Waals surface area contributed by atoms with Crippen LogP contribution in [0.4, 0.5) is 0 Å². The molecule has 2 aromatic heterocycles. The predicted octanol–water partition coefficient (Wildman–Crippen LogP) is 9.01. The molecule has 242 valence electrons. The van der Waals surface area contributed by atoms with E-state index in [0.29, 0.717) is 6.54 Å². The van der Waals surface area contributed by atoms with Crippen LogP contribution in [-0.4, -0.2) is 21.5 Å². The Hall–Kier alpha value is -6.11. The van der Waals surface area contributed by atoms with Crippen molar-refractivity contribution in [3.63, 3.8) is 0 Å². The van der Waals surface area contributed by atoms with Crippen LogP contribution in [0.3, 0.4) is 0 Å². The lowest BCUT2D eigenvalue weighted by atomic mass is 10.0.